The molecule has 0 aromatic carbocycles. The summed E-state index contributed by atoms with van der Waals surface area (Å²) in [5.41, 5.74) is 0.0131. The first kappa shape index (κ1) is 18.9. The minimum absolute atomic E-state index is 0. The zero-order valence-electron chi connectivity index (χ0n) is 14.5. The Kier molecular flexibility index (Phi) is 6.40. The fourth-order valence-corrected chi connectivity index (χ4v) is 3.67. The van der Waals surface area contributed by atoms with Gasteiger partial charge in [0.25, 0.3) is 0 Å². The third kappa shape index (κ3) is 4.36. The molecule has 134 valence electrons. The molecule has 24 heavy (non-hydrogen) atoms. The Labute approximate surface area is 150 Å². The third-order valence-corrected chi connectivity index (χ3v) is 4.99. The number of carbonyl (C=O) groups is 1. The van der Waals surface area contributed by atoms with Gasteiger partial charge >= 0.3 is 0 Å². The molecule has 0 spiro atoms. The van der Waals surface area contributed by atoms with Gasteiger partial charge in [0.1, 0.15) is 0 Å². The summed E-state index contributed by atoms with van der Waals surface area (Å²) in [5.74, 6) is 0.887. The summed E-state index contributed by atoms with van der Waals surface area (Å²) in [4.78, 5) is 23.5. The number of hydrogen-bond donors (Lipinski definition) is 2. The molecule has 1 aromatic heterocycles. The van der Waals surface area contributed by atoms with E-state index in [1.165, 1.54) is 0 Å². The molecule has 7 heteroatoms. The van der Waals surface area contributed by atoms with E-state index in [2.05, 4.69) is 39.3 Å². The van der Waals surface area contributed by atoms with Crippen LogP contribution in [0.5, 0.6) is 0 Å². The SMILES string of the molecule is CC1(C)CCCNC1C(=O)NC1CCCN(c2ncccn2)C1.Cl. The Bertz CT molecular complexity index is 539. The van der Waals surface area contributed by atoms with E-state index in [1.807, 2.05) is 6.07 Å². The highest BCUT2D eigenvalue weighted by molar-refractivity contribution is 5.85. The van der Waals surface area contributed by atoms with Gasteiger partial charge in [0.15, 0.2) is 0 Å². The molecular weight excluding hydrogens is 326 g/mol. The lowest BCUT2D eigenvalue weighted by atomic mass is 9.77. The van der Waals surface area contributed by atoms with E-state index in [0.29, 0.717) is 0 Å². The number of nitrogens with zero attached hydrogens (tertiary/aromatic N) is 3. The Morgan fingerprint density at radius 1 is 1.33 bits per heavy atom. The zero-order valence-corrected chi connectivity index (χ0v) is 15.3. The summed E-state index contributed by atoms with van der Waals surface area (Å²) in [6.45, 7) is 7.01. The van der Waals surface area contributed by atoms with Gasteiger partial charge in [-0.2, -0.15) is 0 Å². The van der Waals surface area contributed by atoms with Gasteiger partial charge in [-0.15, -0.1) is 12.4 Å². The van der Waals surface area contributed by atoms with E-state index in [4.69, 9.17) is 0 Å². The van der Waals surface area contributed by atoms with Gasteiger partial charge < -0.3 is 15.5 Å². The van der Waals surface area contributed by atoms with Crippen LogP contribution in [0, 0.1) is 5.41 Å². The first-order chi connectivity index (χ1) is 11.1. The molecule has 0 saturated carbocycles. The van der Waals surface area contributed by atoms with Gasteiger partial charge in [0, 0.05) is 31.5 Å². The van der Waals surface area contributed by atoms with Crippen molar-refractivity contribution in [2.24, 2.45) is 5.41 Å². The van der Waals surface area contributed by atoms with Crippen molar-refractivity contribution in [1.29, 1.82) is 0 Å². The molecule has 2 atom stereocenters. The lowest BCUT2D eigenvalue weighted by molar-refractivity contribution is -0.127. The molecular formula is C17H28ClN5O. The van der Waals surface area contributed by atoms with Crippen LogP contribution in [-0.4, -0.2) is 47.6 Å². The molecule has 3 heterocycles. The van der Waals surface area contributed by atoms with Crippen molar-refractivity contribution in [3.8, 4) is 0 Å². The predicted molar refractivity (Wildman–Crippen MR) is 97.5 cm³/mol. The molecule has 3 rings (SSSR count). The van der Waals surface area contributed by atoms with Crippen LogP contribution in [0.25, 0.3) is 0 Å². The van der Waals surface area contributed by atoms with Crippen molar-refractivity contribution < 1.29 is 4.79 Å². The molecule has 2 aliphatic heterocycles. The first-order valence-corrected chi connectivity index (χ1v) is 8.62. The van der Waals surface area contributed by atoms with Gasteiger partial charge in [-0.25, -0.2) is 9.97 Å². The molecule has 2 aliphatic rings. The average Bonchev–Trinajstić information content (AvgIpc) is 2.55. The van der Waals surface area contributed by atoms with Crippen LogP contribution in [0.2, 0.25) is 0 Å². The molecule has 2 saturated heterocycles. The highest BCUT2D eigenvalue weighted by atomic mass is 35.5. The molecule has 0 bridgehead atoms. The van der Waals surface area contributed by atoms with Crippen LogP contribution in [-0.2, 0) is 4.79 Å². The van der Waals surface area contributed by atoms with E-state index in [1.54, 1.807) is 12.4 Å². The Morgan fingerprint density at radius 2 is 2.08 bits per heavy atom. The maximum Gasteiger partial charge on any atom is 0.237 e. The molecule has 2 fully saturated rings. The Morgan fingerprint density at radius 3 is 2.79 bits per heavy atom. The lowest BCUT2D eigenvalue weighted by Gasteiger charge is -2.40. The number of carbonyl (C=O) groups excluding carboxylic acids is 1. The van der Waals surface area contributed by atoms with Crippen molar-refractivity contribution in [2.75, 3.05) is 24.5 Å². The molecule has 1 amide bonds. The van der Waals surface area contributed by atoms with Gasteiger partial charge in [-0.3, -0.25) is 4.79 Å². The van der Waals surface area contributed by atoms with Gasteiger partial charge in [-0.05, 0) is 43.7 Å². The number of amides is 1. The van der Waals surface area contributed by atoms with Gasteiger partial charge in [-0.1, -0.05) is 13.8 Å². The quantitative estimate of drug-likeness (QED) is 0.866. The Balaban J connectivity index is 0.00000208. The first-order valence-electron chi connectivity index (χ1n) is 8.62. The van der Waals surface area contributed by atoms with Crippen molar-refractivity contribution in [1.82, 2.24) is 20.6 Å². The number of piperidine rings is 2. The van der Waals surface area contributed by atoms with Crippen LogP contribution >= 0.6 is 12.4 Å². The number of anilines is 1. The van der Waals surface area contributed by atoms with Crippen molar-refractivity contribution in [2.45, 2.75) is 51.6 Å². The van der Waals surface area contributed by atoms with Crippen molar-refractivity contribution in [3.05, 3.63) is 18.5 Å². The van der Waals surface area contributed by atoms with Crippen LogP contribution in [0.4, 0.5) is 5.95 Å². The fourth-order valence-electron chi connectivity index (χ4n) is 3.67. The summed E-state index contributed by atoms with van der Waals surface area (Å²) in [7, 11) is 0. The zero-order chi connectivity index (χ0) is 16.3. The number of hydrogen-bond acceptors (Lipinski definition) is 5. The van der Waals surface area contributed by atoms with Crippen molar-refractivity contribution >= 4 is 24.3 Å². The summed E-state index contributed by atoms with van der Waals surface area (Å²) in [6, 6.07) is 1.89. The average molecular weight is 354 g/mol. The van der Waals surface area contributed by atoms with Crippen LogP contribution in [0.3, 0.4) is 0 Å². The van der Waals surface area contributed by atoms with E-state index in [0.717, 1.165) is 51.3 Å². The summed E-state index contributed by atoms with van der Waals surface area (Å²) >= 11 is 0. The number of rotatable bonds is 3. The van der Waals surface area contributed by atoms with E-state index in [-0.39, 0.29) is 35.8 Å². The summed E-state index contributed by atoms with van der Waals surface area (Å²) < 4.78 is 0. The van der Waals surface area contributed by atoms with E-state index >= 15 is 0 Å². The normalized spacial score (nSPS) is 26.3. The molecule has 2 N–H and O–H groups in total. The monoisotopic (exact) mass is 353 g/mol. The lowest BCUT2D eigenvalue weighted by Crippen LogP contribution is -2.59. The summed E-state index contributed by atoms with van der Waals surface area (Å²) in [5, 5.41) is 6.64. The van der Waals surface area contributed by atoms with E-state index in [9.17, 15) is 4.79 Å². The molecule has 1 aromatic rings. The smallest absolute Gasteiger partial charge is 0.237 e. The molecule has 0 aliphatic carbocycles. The second-order valence-electron chi connectivity index (χ2n) is 7.32. The minimum atomic E-state index is -0.0976. The number of nitrogens with one attached hydrogen (secondary N) is 2. The predicted octanol–water partition coefficient (Wildman–Crippen LogP) is 1.76. The van der Waals surface area contributed by atoms with Crippen LogP contribution in [0.15, 0.2) is 18.5 Å². The summed E-state index contributed by atoms with van der Waals surface area (Å²) in [6.07, 6.45) is 7.82. The fraction of sp³-hybridized carbons (Fsp3) is 0.706. The number of aromatic nitrogens is 2. The van der Waals surface area contributed by atoms with Crippen LogP contribution in [0.1, 0.15) is 39.5 Å². The third-order valence-electron chi connectivity index (χ3n) is 4.99. The topological polar surface area (TPSA) is 70.2 Å². The van der Waals surface area contributed by atoms with Crippen LogP contribution < -0.4 is 15.5 Å². The molecule has 6 nitrogen and oxygen atoms in total. The minimum Gasteiger partial charge on any atom is -0.350 e. The molecule has 2 unspecified atom stereocenters. The Hall–Kier alpha value is -1.40. The van der Waals surface area contributed by atoms with Crippen molar-refractivity contribution in [3.63, 3.8) is 0 Å². The molecule has 0 radical (unpaired) electrons. The van der Waals surface area contributed by atoms with Gasteiger partial charge in [0.2, 0.25) is 11.9 Å². The second kappa shape index (κ2) is 8.12. The highest BCUT2D eigenvalue weighted by Gasteiger charge is 2.38. The number of halogens is 1. The standard InChI is InChI=1S/C17H27N5O.ClH/c1-17(2)7-4-8-18-14(17)15(23)21-13-6-3-11-22(12-13)16-19-9-5-10-20-16;/h5,9-10,13-14,18H,3-4,6-8,11-12H2,1-2H3,(H,21,23);1H. The maximum atomic E-state index is 12.7. The van der Waals surface area contributed by atoms with E-state index < -0.39 is 0 Å². The maximum absolute atomic E-state index is 12.7. The largest absolute Gasteiger partial charge is 0.350 e. The highest BCUT2D eigenvalue weighted by Crippen LogP contribution is 2.30. The second-order valence-corrected chi connectivity index (χ2v) is 7.32. The van der Waals surface area contributed by atoms with Gasteiger partial charge in [0.05, 0.1) is 6.04 Å².